The van der Waals surface area contributed by atoms with Crippen LogP contribution in [0.25, 0.3) is 0 Å². The van der Waals surface area contributed by atoms with Crippen LogP contribution in [0.4, 0.5) is 0 Å². The molecular formula is C17H21NO4. The molecule has 1 aromatic heterocycles. The van der Waals surface area contributed by atoms with Crippen LogP contribution in [0.3, 0.4) is 0 Å². The topological polar surface area (TPSA) is 63.9 Å². The largest absolute Gasteiger partial charge is 0.466 e. The van der Waals surface area contributed by atoms with Crippen molar-refractivity contribution in [3.05, 3.63) is 46.9 Å². The highest BCUT2D eigenvalue weighted by Gasteiger charge is 2.27. The normalized spacial score (nSPS) is 15.8. The second-order valence-corrected chi connectivity index (χ2v) is 5.86. The number of aliphatic hydroxyl groups is 1. The number of hydrogen-bond acceptors (Lipinski definition) is 5. The minimum absolute atomic E-state index is 0.261. The first-order chi connectivity index (χ1) is 10.5. The van der Waals surface area contributed by atoms with E-state index in [2.05, 4.69) is 5.32 Å². The Labute approximate surface area is 129 Å². The molecular weight excluding hydrogens is 282 g/mol. The fourth-order valence-electron chi connectivity index (χ4n) is 2.83. The lowest BCUT2D eigenvalue weighted by molar-refractivity contribution is 0.0551. The number of aryl methyl sites for hydroxylation is 2. The average molecular weight is 303 g/mol. The zero-order valence-corrected chi connectivity index (χ0v) is 13.1. The van der Waals surface area contributed by atoms with Crippen LogP contribution >= 0.6 is 0 Å². The van der Waals surface area contributed by atoms with Crippen LogP contribution in [0.2, 0.25) is 0 Å². The molecule has 0 bridgehead atoms. The van der Waals surface area contributed by atoms with Gasteiger partial charge in [-0.2, -0.15) is 0 Å². The lowest BCUT2D eigenvalue weighted by Crippen LogP contribution is -2.35. The molecule has 1 unspecified atom stereocenters. The highest BCUT2D eigenvalue weighted by Crippen LogP contribution is 2.35. The highest BCUT2D eigenvalue weighted by atomic mass is 16.7. The number of rotatable bonds is 5. The molecule has 0 radical (unpaired) electrons. The Kier molecular flexibility index (Phi) is 3.85. The fourth-order valence-corrected chi connectivity index (χ4v) is 2.83. The predicted molar refractivity (Wildman–Crippen MR) is 82.0 cm³/mol. The van der Waals surface area contributed by atoms with Gasteiger partial charge in [0, 0.05) is 24.2 Å². The van der Waals surface area contributed by atoms with Crippen molar-refractivity contribution in [2.75, 3.05) is 13.3 Å². The summed E-state index contributed by atoms with van der Waals surface area (Å²) >= 11 is 0. The van der Waals surface area contributed by atoms with Crippen LogP contribution in [0.5, 0.6) is 11.5 Å². The molecule has 0 saturated carbocycles. The lowest BCUT2D eigenvalue weighted by atomic mass is 9.96. The van der Waals surface area contributed by atoms with E-state index in [4.69, 9.17) is 13.9 Å². The summed E-state index contributed by atoms with van der Waals surface area (Å²) in [5, 5.41) is 14.0. The molecule has 2 aromatic rings. The summed E-state index contributed by atoms with van der Waals surface area (Å²) in [5.41, 5.74) is 0.846. The Morgan fingerprint density at radius 3 is 2.82 bits per heavy atom. The van der Waals surface area contributed by atoms with Gasteiger partial charge in [0.15, 0.2) is 11.5 Å². The van der Waals surface area contributed by atoms with Gasteiger partial charge >= 0.3 is 0 Å². The van der Waals surface area contributed by atoms with Crippen molar-refractivity contribution in [1.29, 1.82) is 0 Å². The second kappa shape index (κ2) is 5.66. The maximum Gasteiger partial charge on any atom is 0.231 e. The van der Waals surface area contributed by atoms with E-state index in [1.165, 1.54) is 0 Å². The van der Waals surface area contributed by atoms with E-state index in [1.54, 1.807) is 6.92 Å². The smallest absolute Gasteiger partial charge is 0.231 e. The molecule has 1 aliphatic rings. The highest BCUT2D eigenvalue weighted by molar-refractivity contribution is 5.48. The molecule has 0 amide bonds. The molecule has 3 rings (SSSR count). The maximum atomic E-state index is 10.7. The zero-order chi connectivity index (χ0) is 15.7. The van der Waals surface area contributed by atoms with E-state index in [0.29, 0.717) is 13.1 Å². The number of fused-ring (bicyclic) bond motifs is 1. The van der Waals surface area contributed by atoms with E-state index in [0.717, 1.165) is 34.1 Å². The van der Waals surface area contributed by atoms with Crippen LogP contribution in [0.15, 0.2) is 28.7 Å². The molecule has 1 atom stereocenters. The van der Waals surface area contributed by atoms with Crippen molar-refractivity contribution in [1.82, 2.24) is 5.32 Å². The third kappa shape index (κ3) is 2.82. The summed E-state index contributed by atoms with van der Waals surface area (Å²) in [5.74, 6) is 3.11. The van der Waals surface area contributed by atoms with Gasteiger partial charge in [-0.1, -0.05) is 12.1 Å². The number of ether oxygens (including phenoxy) is 2. The summed E-state index contributed by atoms with van der Waals surface area (Å²) < 4.78 is 16.3. The Morgan fingerprint density at radius 2 is 2.09 bits per heavy atom. The molecule has 0 fully saturated rings. The van der Waals surface area contributed by atoms with Crippen LogP contribution < -0.4 is 14.8 Å². The van der Waals surface area contributed by atoms with E-state index in [1.807, 2.05) is 38.1 Å². The lowest BCUT2D eigenvalue weighted by Gasteiger charge is -2.23. The van der Waals surface area contributed by atoms with Crippen molar-refractivity contribution >= 4 is 0 Å². The van der Waals surface area contributed by atoms with Crippen molar-refractivity contribution in [2.45, 2.75) is 32.9 Å². The SMILES string of the molecule is Cc1cc(C(C)(O)CNCc2cccc3c2OCO3)c(C)o1. The van der Waals surface area contributed by atoms with Gasteiger partial charge in [0.25, 0.3) is 0 Å². The molecule has 5 nitrogen and oxygen atoms in total. The Balaban J connectivity index is 1.66. The van der Waals surface area contributed by atoms with Gasteiger partial charge in [-0.15, -0.1) is 0 Å². The van der Waals surface area contributed by atoms with Crippen molar-refractivity contribution < 1.29 is 19.0 Å². The number of nitrogens with one attached hydrogen (secondary N) is 1. The minimum Gasteiger partial charge on any atom is -0.466 e. The first-order valence-electron chi connectivity index (χ1n) is 7.35. The molecule has 2 heterocycles. The first kappa shape index (κ1) is 14.9. The molecule has 5 heteroatoms. The molecule has 1 aromatic carbocycles. The molecule has 0 saturated heterocycles. The van der Waals surface area contributed by atoms with Crippen molar-refractivity contribution in [3.8, 4) is 11.5 Å². The molecule has 118 valence electrons. The van der Waals surface area contributed by atoms with Crippen LogP contribution in [-0.2, 0) is 12.1 Å². The standard InChI is InChI=1S/C17H21NO4/c1-11-7-14(12(2)22-11)17(3,19)9-18-8-13-5-4-6-15-16(13)21-10-20-15/h4-7,18-19H,8-10H2,1-3H3. The maximum absolute atomic E-state index is 10.7. The molecule has 0 spiro atoms. The van der Waals surface area contributed by atoms with E-state index in [9.17, 15) is 5.11 Å². The number of para-hydroxylation sites is 1. The molecule has 22 heavy (non-hydrogen) atoms. The summed E-state index contributed by atoms with van der Waals surface area (Å²) in [6, 6.07) is 7.70. The van der Waals surface area contributed by atoms with Gasteiger partial charge < -0.3 is 24.3 Å². The van der Waals surface area contributed by atoms with Gasteiger partial charge in [-0.25, -0.2) is 0 Å². The quantitative estimate of drug-likeness (QED) is 0.889. The summed E-state index contributed by atoms with van der Waals surface area (Å²) in [4.78, 5) is 0. The second-order valence-electron chi connectivity index (χ2n) is 5.86. The third-order valence-electron chi connectivity index (χ3n) is 3.88. The Morgan fingerprint density at radius 1 is 1.27 bits per heavy atom. The van der Waals surface area contributed by atoms with E-state index >= 15 is 0 Å². The Bertz CT molecular complexity index is 675. The average Bonchev–Trinajstić information content (AvgIpc) is 3.05. The third-order valence-corrected chi connectivity index (χ3v) is 3.88. The first-order valence-corrected chi connectivity index (χ1v) is 7.35. The van der Waals surface area contributed by atoms with Crippen molar-refractivity contribution in [2.24, 2.45) is 0 Å². The number of benzene rings is 1. The number of furan rings is 1. The zero-order valence-electron chi connectivity index (χ0n) is 13.1. The van der Waals surface area contributed by atoms with Gasteiger partial charge in [-0.05, 0) is 32.9 Å². The fraction of sp³-hybridized carbons (Fsp3) is 0.412. The summed E-state index contributed by atoms with van der Waals surface area (Å²) in [7, 11) is 0. The Hall–Kier alpha value is -1.98. The monoisotopic (exact) mass is 303 g/mol. The van der Waals surface area contributed by atoms with Gasteiger partial charge in [-0.3, -0.25) is 0 Å². The van der Waals surface area contributed by atoms with E-state index < -0.39 is 5.60 Å². The predicted octanol–water partition coefficient (Wildman–Crippen LogP) is 2.62. The molecule has 1 aliphatic heterocycles. The van der Waals surface area contributed by atoms with Crippen LogP contribution in [0, 0.1) is 13.8 Å². The van der Waals surface area contributed by atoms with Crippen LogP contribution in [-0.4, -0.2) is 18.4 Å². The van der Waals surface area contributed by atoms with Gasteiger partial charge in [0.1, 0.15) is 17.1 Å². The molecule has 0 aliphatic carbocycles. The van der Waals surface area contributed by atoms with Gasteiger partial charge in [0.05, 0.1) is 0 Å². The number of hydrogen-bond donors (Lipinski definition) is 2. The summed E-state index contributed by atoms with van der Waals surface area (Å²) in [6.45, 7) is 6.80. The molecule has 2 N–H and O–H groups in total. The van der Waals surface area contributed by atoms with Gasteiger partial charge in [0.2, 0.25) is 6.79 Å². The van der Waals surface area contributed by atoms with Crippen LogP contribution in [0.1, 0.15) is 29.6 Å². The summed E-state index contributed by atoms with van der Waals surface area (Å²) in [6.07, 6.45) is 0. The minimum atomic E-state index is -0.989. The van der Waals surface area contributed by atoms with E-state index in [-0.39, 0.29) is 6.79 Å². The van der Waals surface area contributed by atoms with Crippen molar-refractivity contribution in [3.63, 3.8) is 0 Å².